The Morgan fingerprint density at radius 2 is 1.94 bits per heavy atom. The maximum Gasteiger partial charge on any atom is 0.451 e. The summed E-state index contributed by atoms with van der Waals surface area (Å²) in [7, 11) is 0. The van der Waals surface area contributed by atoms with Crippen LogP contribution in [-0.4, -0.2) is 38.8 Å². The first-order chi connectivity index (χ1) is 15.5. The Balaban J connectivity index is 2.01. The highest BCUT2D eigenvalue weighted by Crippen LogP contribution is 2.37. The minimum Gasteiger partial charge on any atom is -0.481 e. The van der Waals surface area contributed by atoms with Crippen molar-refractivity contribution in [2.45, 2.75) is 77.4 Å². The fourth-order valence-electron chi connectivity index (χ4n) is 4.39. The van der Waals surface area contributed by atoms with E-state index in [2.05, 4.69) is 34.1 Å². The second-order valence-corrected chi connectivity index (χ2v) is 9.24. The van der Waals surface area contributed by atoms with Crippen LogP contribution < -0.4 is 10.2 Å². The van der Waals surface area contributed by atoms with Gasteiger partial charge in [0.2, 0.25) is 11.8 Å². The van der Waals surface area contributed by atoms with Gasteiger partial charge in [-0.3, -0.25) is 9.89 Å². The number of benzene rings is 1. The topological polar surface area (TPSA) is 94.1 Å². The number of halogens is 3. The van der Waals surface area contributed by atoms with Crippen LogP contribution in [0.1, 0.15) is 76.6 Å². The van der Waals surface area contributed by atoms with Gasteiger partial charge in [0.15, 0.2) is 0 Å². The van der Waals surface area contributed by atoms with Gasteiger partial charge < -0.3 is 15.3 Å². The van der Waals surface area contributed by atoms with E-state index in [9.17, 15) is 23.1 Å². The highest BCUT2D eigenvalue weighted by molar-refractivity contribution is 5.75. The standard InChI is InChI=1S/C23H32F3N5O2/c1-14(2)13-31(17-7-5-4-6-8-17)19-10-9-16(15(3)11-20(32)33)12-18(19)27-22-28-21(29-30-22)23(24,25)26/h9-10,12,14-15,17H,4-8,11,13H2,1-3H3,(H,32,33)(H2,27,28,29,30). The van der Waals surface area contributed by atoms with Crippen molar-refractivity contribution in [1.29, 1.82) is 0 Å². The summed E-state index contributed by atoms with van der Waals surface area (Å²) in [4.78, 5) is 17.1. The van der Waals surface area contributed by atoms with Crippen molar-refractivity contribution in [3.8, 4) is 0 Å². The van der Waals surface area contributed by atoms with Gasteiger partial charge in [0, 0.05) is 12.6 Å². The zero-order valence-corrected chi connectivity index (χ0v) is 19.2. The quantitative estimate of drug-likeness (QED) is 0.423. The fraction of sp³-hybridized carbons (Fsp3) is 0.609. The predicted molar refractivity (Wildman–Crippen MR) is 121 cm³/mol. The van der Waals surface area contributed by atoms with Gasteiger partial charge in [-0.2, -0.15) is 18.2 Å². The molecule has 0 saturated heterocycles. The third kappa shape index (κ3) is 6.61. The van der Waals surface area contributed by atoms with Crippen molar-refractivity contribution in [1.82, 2.24) is 15.2 Å². The molecule has 1 aliphatic carbocycles. The molecule has 10 heteroatoms. The first-order valence-electron chi connectivity index (χ1n) is 11.4. The van der Waals surface area contributed by atoms with Gasteiger partial charge in [-0.25, -0.2) is 0 Å². The van der Waals surface area contributed by atoms with Crippen molar-refractivity contribution >= 4 is 23.3 Å². The minimum absolute atomic E-state index is 0.0456. The molecular formula is C23H32F3N5O2. The lowest BCUT2D eigenvalue weighted by Crippen LogP contribution is -2.39. The molecule has 182 valence electrons. The summed E-state index contributed by atoms with van der Waals surface area (Å²) in [5, 5.41) is 17.8. The van der Waals surface area contributed by atoms with E-state index in [-0.39, 0.29) is 18.3 Å². The van der Waals surface area contributed by atoms with Crippen molar-refractivity contribution in [2.75, 3.05) is 16.8 Å². The van der Waals surface area contributed by atoms with Crippen molar-refractivity contribution in [3.63, 3.8) is 0 Å². The molecule has 0 radical (unpaired) electrons. The van der Waals surface area contributed by atoms with Crippen LogP contribution in [0, 0.1) is 5.92 Å². The Morgan fingerprint density at radius 3 is 2.52 bits per heavy atom. The highest BCUT2D eigenvalue weighted by Gasteiger charge is 2.35. The molecule has 1 atom stereocenters. The molecule has 33 heavy (non-hydrogen) atoms. The number of aliphatic carboxylic acids is 1. The lowest BCUT2D eigenvalue weighted by Gasteiger charge is -2.38. The summed E-state index contributed by atoms with van der Waals surface area (Å²) in [5.74, 6) is -2.14. The van der Waals surface area contributed by atoms with Crippen LogP contribution in [0.15, 0.2) is 18.2 Å². The molecule has 1 saturated carbocycles. The molecule has 1 heterocycles. The molecule has 1 aliphatic rings. The molecule has 1 aromatic carbocycles. The Labute approximate surface area is 191 Å². The smallest absolute Gasteiger partial charge is 0.451 e. The number of carboxylic acids is 1. The number of rotatable bonds is 9. The molecule has 3 N–H and O–H groups in total. The maximum atomic E-state index is 13.0. The van der Waals surface area contributed by atoms with Gasteiger partial charge in [-0.15, -0.1) is 5.10 Å². The van der Waals surface area contributed by atoms with E-state index in [1.54, 1.807) is 0 Å². The number of H-pyrrole nitrogens is 1. The number of aromatic amines is 1. The number of hydrogen-bond donors (Lipinski definition) is 3. The first kappa shape index (κ1) is 24.9. The van der Waals surface area contributed by atoms with Crippen LogP contribution in [0.4, 0.5) is 30.5 Å². The third-order valence-electron chi connectivity index (χ3n) is 5.96. The van der Waals surface area contributed by atoms with Crippen molar-refractivity contribution in [2.24, 2.45) is 5.92 Å². The summed E-state index contributed by atoms with van der Waals surface area (Å²) in [6.45, 7) is 6.88. The van der Waals surface area contributed by atoms with Crippen LogP contribution in [0.25, 0.3) is 0 Å². The zero-order valence-electron chi connectivity index (χ0n) is 19.2. The van der Waals surface area contributed by atoms with Gasteiger partial charge in [-0.05, 0) is 42.4 Å². The molecule has 2 aromatic rings. The van der Waals surface area contributed by atoms with E-state index in [0.717, 1.165) is 43.5 Å². The lowest BCUT2D eigenvalue weighted by molar-refractivity contribution is -0.144. The van der Waals surface area contributed by atoms with Gasteiger partial charge in [0.25, 0.3) is 0 Å². The molecule has 1 aromatic heterocycles. The van der Waals surface area contributed by atoms with E-state index < -0.39 is 18.0 Å². The summed E-state index contributed by atoms with van der Waals surface area (Å²) >= 11 is 0. The van der Waals surface area contributed by atoms with E-state index in [4.69, 9.17) is 0 Å². The molecule has 0 aliphatic heterocycles. The number of anilines is 3. The number of nitrogens with one attached hydrogen (secondary N) is 2. The van der Waals surface area contributed by atoms with Gasteiger partial charge in [0.05, 0.1) is 17.8 Å². The van der Waals surface area contributed by atoms with Crippen molar-refractivity contribution in [3.05, 3.63) is 29.6 Å². The van der Waals surface area contributed by atoms with Crippen LogP contribution in [0.3, 0.4) is 0 Å². The van der Waals surface area contributed by atoms with Crippen LogP contribution in [0.5, 0.6) is 0 Å². The Bertz CT molecular complexity index is 938. The SMILES string of the molecule is CC(C)CN(c1ccc(C(C)CC(=O)O)cc1Nc1n[nH]c(C(F)(F)F)n1)C1CCCCC1. The van der Waals surface area contributed by atoms with E-state index in [1.165, 1.54) is 6.42 Å². The van der Waals surface area contributed by atoms with Crippen molar-refractivity contribution < 1.29 is 23.1 Å². The number of carboxylic acid groups (broad SMARTS) is 1. The van der Waals surface area contributed by atoms with Crippen LogP contribution in [-0.2, 0) is 11.0 Å². The summed E-state index contributed by atoms with van der Waals surface area (Å²) < 4.78 is 39.0. The van der Waals surface area contributed by atoms with Crippen LogP contribution >= 0.6 is 0 Å². The molecule has 0 spiro atoms. The van der Waals surface area contributed by atoms with Gasteiger partial charge >= 0.3 is 12.1 Å². The largest absolute Gasteiger partial charge is 0.481 e. The number of hydrogen-bond acceptors (Lipinski definition) is 5. The summed E-state index contributed by atoms with van der Waals surface area (Å²) in [6, 6.07) is 5.98. The second-order valence-electron chi connectivity index (χ2n) is 9.24. The van der Waals surface area contributed by atoms with E-state index >= 15 is 0 Å². The number of alkyl halides is 3. The number of aromatic nitrogens is 3. The van der Waals surface area contributed by atoms with Crippen LogP contribution in [0.2, 0.25) is 0 Å². The Kier molecular flexibility index (Phi) is 7.86. The first-order valence-corrected chi connectivity index (χ1v) is 11.4. The molecule has 0 bridgehead atoms. The molecule has 0 amide bonds. The predicted octanol–water partition coefficient (Wildman–Crippen LogP) is 5.94. The molecular weight excluding hydrogens is 435 g/mol. The Morgan fingerprint density at radius 1 is 1.24 bits per heavy atom. The summed E-state index contributed by atoms with van der Waals surface area (Å²) in [5.41, 5.74) is 2.22. The van der Waals surface area contributed by atoms with Gasteiger partial charge in [0.1, 0.15) is 0 Å². The Hall–Kier alpha value is -2.78. The van der Waals surface area contributed by atoms with E-state index in [0.29, 0.717) is 17.6 Å². The fourth-order valence-corrected chi connectivity index (χ4v) is 4.39. The lowest BCUT2D eigenvalue weighted by atomic mass is 9.92. The number of carbonyl (C=O) groups is 1. The van der Waals surface area contributed by atoms with Gasteiger partial charge in [-0.1, -0.05) is 46.1 Å². The zero-order chi connectivity index (χ0) is 24.2. The van der Waals surface area contributed by atoms with E-state index in [1.807, 2.05) is 30.2 Å². The third-order valence-corrected chi connectivity index (χ3v) is 5.96. The minimum atomic E-state index is -4.63. The molecule has 3 rings (SSSR count). The highest BCUT2D eigenvalue weighted by atomic mass is 19.4. The average molecular weight is 468 g/mol. The second kappa shape index (κ2) is 10.4. The molecule has 1 unspecified atom stereocenters. The number of nitrogens with zero attached hydrogens (tertiary/aromatic N) is 3. The normalized spacial score (nSPS) is 16.1. The monoisotopic (exact) mass is 467 g/mol. The average Bonchev–Trinajstić information content (AvgIpc) is 3.21. The molecule has 7 nitrogen and oxygen atoms in total. The maximum absolute atomic E-state index is 13.0. The summed E-state index contributed by atoms with van der Waals surface area (Å²) in [6.07, 6.45) is 0.942. The molecule has 1 fully saturated rings.